The molecule has 0 fully saturated rings. The van der Waals surface area contributed by atoms with Crippen LogP contribution in [-0.2, 0) is 18.9 Å². The molecule has 0 aliphatic rings. The molecule has 20 heavy (non-hydrogen) atoms. The molecular formula is C13H11O6P. The molecule has 0 bridgehead atoms. The fourth-order valence-corrected chi connectivity index (χ4v) is 2.34. The second-order valence-corrected chi connectivity index (χ2v) is 4.93. The van der Waals surface area contributed by atoms with Crippen LogP contribution in [-0.4, -0.2) is 6.47 Å². The van der Waals surface area contributed by atoms with E-state index in [0.29, 0.717) is 0 Å². The van der Waals surface area contributed by atoms with Crippen LogP contribution >= 0.6 is 7.82 Å². The normalized spacial score (nSPS) is 10.6. The SMILES string of the molecule is O=COOP(=O)(Oc1ccccc1)Oc1ccccc1. The molecule has 0 amide bonds. The summed E-state index contributed by atoms with van der Waals surface area (Å²) in [7, 11) is -4.13. The highest BCUT2D eigenvalue weighted by Crippen LogP contribution is 2.49. The van der Waals surface area contributed by atoms with Crippen molar-refractivity contribution in [1.82, 2.24) is 0 Å². The maximum atomic E-state index is 12.4. The van der Waals surface area contributed by atoms with Crippen LogP contribution in [0.4, 0.5) is 0 Å². The Labute approximate surface area is 115 Å². The van der Waals surface area contributed by atoms with Crippen molar-refractivity contribution in [2.75, 3.05) is 0 Å². The van der Waals surface area contributed by atoms with Gasteiger partial charge in [-0.25, -0.2) is 4.57 Å². The summed E-state index contributed by atoms with van der Waals surface area (Å²) in [6, 6.07) is 16.5. The monoisotopic (exact) mass is 294 g/mol. The highest BCUT2D eigenvalue weighted by molar-refractivity contribution is 7.49. The molecule has 0 unspecified atom stereocenters. The van der Waals surface area contributed by atoms with Gasteiger partial charge in [-0.2, -0.15) is 0 Å². The number of carbonyl (C=O) groups is 1. The van der Waals surface area contributed by atoms with E-state index in [1.807, 2.05) is 0 Å². The van der Waals surface area contributed by atoms with E-state index in [4.69, 9.17) is 9.05 Å². The van der Waals surface area contributed by atoms with E-state index in [1.165, 1.54) is 0 Å². The predicted octanol–water partition coefficient (Wildman–Crippen LogP) is 3.36. The predicted molar refractivity (Wildman–Crippen MR) is 70.0 cm³/mol. The Morgan fingerprint density at radius 2 is 1.25 bits per heavy atom. The molecule has 0 N–H and O–H groups in total. The molecule has 2 aromatic carbocycles. The van der Waals surface area contributed by atoms with Crippen LogP contribution in [0.2, 0.25) is 0 Å². The Morgan fingerprint density at radius 3 is 1.65 bits per heavy atom. The van der Waals surface area contributed by atoms with Gasteiger partial charge in [0.05, 0.1) is 0 Å². The maximum Gasteiger partial charge on any atom is 0.625 e. The second-order valence-electron chi connectivity index (χ2n) is 3.52. The maximum absolute atomic E-state index is 12.4. The number of benzene rings is 2. The minimum atomic E-state index is -4.13. The number of carbonyl (C=O) groups excluding carboxylic acids is 1. The van der Waals surface area contributed by atoms with Crippen molar-refractivity contribution < 1.29 is 28.0 Å². The lowest BCUT2D eigenvalue weighted by Gasteiger charge is -2.16. The minimum Gasteiger partial charge on any atom is -0.393 e. The highest BCUT2D eigenvalue weighted by Gasteiger charge is 2.33. The zero-order chi connectivity index (χ0) is 14.3. The molecule has 104 valence electrons. The smallest absolute Gasteiger partial charge is 0.393 e. The molecule has 0 radical (unpaired) electrons. The third kappa shape index (κ3) is 4.12. The lowest BCUT2D eigenvalue weighted by Crippen LogP contribution is -2.05. The van der Waals surface area contributed by atoms with E-state index in [9.17, 15) is 9.36 Å². The third-order valence-electron chi connectivity index (χ3n) is 2.09. The molecular weight excluding hydrogens is 283 g/mol. The average molecular weight is 294 g/mol. The van der Waals surface area contributed by atoms with Crippen LogP contribution in [0, 0.1) is 0 Å². The summed E-state index contributed by atoms with van der Waals surface area (Å²) in [5, 5.41) is 0. The van der Waals surface area contributed by atoms with Crippen LogP contribution in [0.15, 0.2) is 60.7 Å². The summed E-state index contributed by atoms with van der Waals surface area (Å²) >= 11 is 0. The molecule has 0 spiro atoms. The van der Waals surface area contributed by atoms with E-state index in [-0.39, 0.29) is 18.0 Å². The Balaban J connectivity index is 2.16. The number of hydrogen-bond acceptors (Lipinski definition) is 6. The van der Waals surface area contributed by atoms with E-state index in [1.54, 1.807) is 60.7 Å². The molecule has 0 aliphatic carbocycles. The van der Waals surface area contributed by atoms with Crippen LogP contribution in [0.25, 0.3) is 0 Å². The van der Waals surface area contributed by atoms with Crippen LogP contribution in [0.5, 0.6) is 11.5 Å². The summed E-state index contributed by atoms with van der Waals surface area (Å²) in [5.41, 5.74) is 0. The van der Waals surface area contributed by atoms with Gasteiger partial charge in [0, 0.05) is 0 Å². The Bertz CT molecular complexity index is 541. The first-order chi connectivity index (χ1) is 9.72. The van der Waals surface area contributed by atoms with Gasteiger partial charge in [0.1, 0.15) is 11.5 Å². The van der Waals surface area contributed by atoms with Crippen LogP contribution in [0.3, 0.4) is 0 Å². The zero-order valence-corrected chi connectivity index (χ0v) is 11.1. The summed E-state index contributed by atoms with van der Waals surface area (Å²) in [6.45, 7) is -0.0185. The minimum absolute atomic E-state index is 0.0185. The van der Waals surface area contributed by atoms with Gasteiger partial charge in [-0.05, 0) is 24.3 Å². The van der Waals surface area contributed by atoms with E-state index >= 15 is 0 Å². The first kappa shape index (κ1) is 14.1. The highest BCUT2D eigenvalue weighted by atomic mass is 31.2. The molecule has 0 aliphatic heterocycles. The van der Waals surface area contributed by atoms with Gasteiger partial charge >= 0.3 is 14.3 Å². The number of phosphoric acid groups is 1. The third-order valence-corrected chi connectivity index (χ3v) is 3.23. The van der Waals surface area contributed by atoms with Gasteiger partial charge in [0.2, 0.25) is 0 Å². The fraction of sp³-hybridized carbons (Fsp3) is 0. The van der Waals surface area contributed by atoms with Gasteiger partial charge in [-0.3, -0.25) is 9.68 Å². The quantitative estimate of drug-likeness (QED) is 0.337. The van der Waals surface area contributed by atoms with Crippen molar-refractivity contribution in [3.63, 3.8) is 0 Å². The summed E-state index contributed by atoms with van der Waals surface area (Å²) in [5.74, 6) is 0.502. The standard InChI is InChI=1S/C13H11O6P/c14-11-16-19-20(15,17-12-7-3-1-4-8-12)18-13-9-5-2-6-10-13/h1-11H. The van der Waals surface area contributed by atoms with Gasteiger partial charge < -0.3 is 9.05 Å². The molecule has 0 aromatic heterocycles. The molecule has 0 heterocycles. The fourth-order valence-electron chi connectivity index (χ4n) is 1.34. The molecule has 7 heteroatoms. The van der Waals surface area contributed by atoms with E-state index < -0.39 is 7.82 Å². The molecule has 2 rings (SSSR count). The number of para-hydroxylation sites is 2. The Hall–Kier alpha value is -2.30. The average Bonchev–Trinajstić information content (AvgIpc) is 2.47. The van der Waals surface area contributed by atoms with Gasteiger partial charge in [0.15, 0.2) is 0 Å². The van der Waals surface area contributed by atoms with Crippen LogP contribution in [0.1, 0.15) is 0 Å². The first-order valence-corrected chi connectivity index (χ1v) is 7.06. The second kappa shape index (κ2) is 6.75. The van der Waals surface area contributed by atoms with Gasteiger partial charge in [-0.1, -0.05) is 41.1 Å². The molecule has 6 nitrogen and oxygen atoms in total. The van der Waals surface area contributed by atoms with Gasteiger partial charge in [0.25, 0.3) is 0 Å². The van der Waals surface area contributed by atoms with Crippen molar-refractivity contribution >= 4 is 14.3 Å². The van der Waals surface area contributed by atoms with Crippen molar-refractivity contribution in [1.29, 1.82) is 0 Å². The van der Waals surface area contributed by atoms with Crippen molar-refractivity contribution in [3.8, 4) is 11.5 Å². The molecule has 2 aromatic rings. The molecule has 0 atom stereocenters. The topological polar surface area (TPSA) is 71.1 Å². The lowest BCUT2D eigenvalue weighted by atomic mass is 10.3. The van der Waals surface area contributed by atoms with Crippen molar-refractivity contribution in [2.24, 2.45) is 0 Å². The summed E-state index contributed by atoms with van der Waals surface area (Å²) in [6.07, 6.45) is 0. The largest absolute Gasteiger partial charge is 0.625 e. The Morgan fingerprint density at radius 1 is 0.800 bits per heavy atom. The summed E-state index contributed by atoms with van der Waals surface area (Å²) < 4.78 is 27.1. The van der Waals surface area contributed by atoms with Crippen LogP contribution < -0.4 is 9.05 Å². The number of rotatable bonds is 7. The number of phosphoric ester groups is 1. The molecule has 0 saturated heterocycles. The van der Waals surface area contributed by atoms with E-state index in [2.05, 4.69) is 9.56 Å². The van der Waals surface area contributed by atoms with Gasteiger partial charge in [-0.15, -0.1) is 0 Å². The Kier molecular flexibility index (Phi) is 4.76. The lowest BCUT2D eigenvalue weighted by molar-refractivity contribution is -0.204. The zero-order valence-electron chi connectivity index (χ0n) is 10.2. The van der Waals surface area contributed by atoms with E-state index in [0.717, 1.165) is 0 Å². The van der Waals surface area contributed by atoms with Crippen molar-refractivity contribution in [3.05, 3.63) is 60.7 Å². The summed E-state index contributed by atoms with van der Waals surface area (Å²) in [4.78, 5) is 14.2. The molecule has 0 saturated carbocycles. The first-order valence-electron chi connectivity index (χ1n) is 5.60. The van der Waals surface area contributed by atoms with Crippen molar-refractivity contribution in [2.45, 2.75) is 0 Å². The number of hydrogen-bond donors (Lipinski definition) is 0.